The molecule has 1 aromatic heterocycles. The van der Waals surface area contributed by atoms with Crippen molar-refractivity contribution in [3.05, 3.63) is 64.9 Å². The summed E-state index contributed by atoms with van der Waals surface area (Å²) in [7, 11) is 0. The monoisotopic (exact) mass is 317 g/mol. The number of nitrogens with one attached hydrogen (secondary N) is 2. The summed E-state index contributed by atoms with van der Waals surface area (Å²) in [6, 6.07) is 11.6. The lowest BCUT2D eigenvalue weighted by Gasteiger charge is -2.07. The fourth-order valence-electron chi connectivity index (χ4n) is 2.02. The molecule has 2 N–H and O–H groups in total. The maximum absolute atomic E-state index is 11.7. The van der Waals surface area contributed by atoms with E-state index in [-0.39, 0.29) is 5.91 Å². The van der Waals surface area contributed by atoms with Gasteiger partial charge in [-0.1, -0.05) is 23.7 Å². The molecule has 4 nitrogen and oxygen atoms in total. The van der Waals surface area contributed by atoms with Crippen molar-refractivity contribution in [2.75, 3.05) is 13.1 Å². The third-order valence-corrected chi connectivity index (χ3v) is 3.51. The SMILES string of the molecule is O=C(CCNCc1ccncc1)NCCc1ccc(Cl)cc1. The minimum atomic E-state index is 0.0659. The number of aromatic nitrogens is 1. The van der Waals surface area contributed by atoms with E-state index in [9.17, 15) is 4.79 Å². The van der Waals surface area contributed by atoms with Crippen LogP contribution in [-0.4, -0.2) is 24.0 Å². The number of nitrogens with zero attached hydrogens (tertiary/aromatic N) is 1. The summed E-state index contributed by atoms with van der Waals surface area (Å²) in [6.45, 7) is 2.06. The summed E-state index contributed by atoms with van der Waals surface area (Å²) in [5, 5.41) is 6.90. The first kappa shape index (κ1) is 16.5. The van der Waals surface area contributed by atoms with Crippen LogP contribution in [0.3, 0.4) is 0 Å². The fraction of sp³-hybridized carbons (Fsp3) is 0.294. The maximum atomic E-state index is 11.7. The van der Waals surface area contributed by atoms with Crippen LogP contribution >= 0.6 is 11.6 Å². The van der Waals surface area contributed by atoms with Crippen molar-refractivity contribution in [3.8, 4) is 0 Å². The van der Waals surface area contributed by atoms with Crippen LogP contribution < -0.4 is 10.6 Å². The van der Waals surface area contributed by atoms with Crippen LogP contribution in [0.4, 0.5) is 0 Å². The van der Waals surface area contributed by atoms with Crippen molar-refractivity contribution in [3.63, 3.8) is 0 Å². The summed E-state index contributed by atoms with van der Waals surface area (Å²) in [6.07, 6.45) is 4.82. The van der Waals surface area contributed by atoms with Crippen LogP contribution in [0.1, 0.15) is 17.5 Å². The molecule has 0 saturated carbocycles. The van der Waals surface area contributed by atoms with Crippen molar-refractivity contribution in [2.24, 2.45) is 0 Å². The van der Waals surface area contributed by atoms with Crippen molar-refractivity contribution >= 4 is 17.5 Å². The lowest BCUT2D eigenvalue weighted by atomic mass is 10.1. The van der Waals surface area contributed by atoms with Crippen LogP contribution in [0.15, 0.2) is 48.8 Å². The number of carbonyl (C=O) groups is 1. The molecule has 0 fully saturated rings. The average molecular weight is 318 g/mol. The van der Waals surface area contributed by atoms with Crippen LogP contribution in [0.25, 0.3) is 0 Å². The van der Waals surface area contributed by atoms with Crippen LogP contribution in [0, 0.1) is 0 Å². The standard InChI is InChI=1S/C17H20ClN3O/c18-16-3-1-14(2-4-16)7-12-21-17(22)8-11-20-13-15-5-9-19-10-6-15/h1-6,9-10,20H,7-8,11-13H2,(H,21,22). The topological polar surface area (TPSA) is 54.0 Å². The number of carbonyl (C=O) groups excluding carboxylic acids is 1. The molecule has 0 radical (unpaired) electrons. The number of pyridine rings is 1. The predicted octanol–water partition coefficient (Wildman–Crippen LogP) is 2.57. The molecular formula is C17H20ClN3O. The second kappa shape index (κ2) is 9.18. The normalized spacial score (nSPS) is 10.4. The zero-order chi connectivity index (χ0) is 15.6. The summed E-state index contributed by atoms with van der Waals surface area (Å²) in [5.41, 5.74) is 2.33. The Labute approximate surface area is 135 Å². The predicted molar refractivity (Wildman–Crippen MR) is 88.7 cm³/mol. The summed E-state index contributed by atoms with van der Waals surface area (Å²) >= 11 is 5.83. The minimum absolute atomic E-state index is 0.0659. The maximum Gasteiger partial charge on any atom is 0.221 e. The molecule has 0 saturated heterocycles. The van der Waals surface area contributed by atoms with E-state index in [1.807, 2.05) is 36.4 Å². The largest absolute Gasteiger partial charge is 0.356 e. The molecule has 5 heteroatoms. The van der Waals surface area contributed by atoms with Crippen LogP contribution in [-0.2, 0) is 17.8 Å². The molecule has 2 rings (SSSR count). The summed E-state index contributed by atoms with van der Waals surface area (Å²) < 4.78 is 0. The molecule has 0 aliphatic rings. The minimum Gasteiger partial charge on any atom is -0.356 e. The smallest absolute Gasteiger partial charge is 0.221 e. The van der Waals surface area contributed by atoms with Gasteiger partial charge in [0.25, 0.3) is 0 Å². The van der Waals surface area contributed by atoms with Crippen molar-refractivity contribution in [2.45, 2.75) is 19.4 Å². The Balaban J connectivity index is 1.55. The highest BCUT2D eigenvalue weighted by molar-refractivity contribution is 6.30. The highest BCUT2D eigenvalue weighted by atomic mass is 35.5. The molecule has 0 aliphatic heterocycles. The lowest BCUT2D eigenvalue weighted by molar-refractivity contribution is -0.120. The van der Waals surface area contributed by atoms with Gasteiger partial charge in [-0.2, -0.15) is 0 Å². The van der Waals surface area contributed by atoms with Gasteiger partial charge in [0.15, 0.2) is 0 Å². The van der Waals surface area contributed by atoms with Gasteiger partial charge < -0.3 is 10.6 Å². The van der Waals surface area contributed by atoms with E-state index >= 15 is 0 Å². The third-order valence-electron chi connectivity index (χ3n) is 3.26. The zero-order valence-corrected chi connectivity index (χ0v) is 13.1. The number of halogens is 1. The molecular weight excluding hydrogens is 298 g/mol. The van der Waals surface area contributed by atoms with Crippen LogP contribution in [0.2, 0.25) is 5.02 Å². The molecule has 1 aromatic carbocycles. The highest BCUT2D eigenvalue weighted by Crippen LogP contribution is 2.09. The van der Waals surface area contributed by atoms with E-state index in [4.69, 9.17) is 11.6 Å². The Bertz CT molecular complexity index is 572. The van der Waals surface area contributed by atoms with Crippen molar-refractivity contribution in [1.82, 2.24) is 15.6 Å². The molecule has 0 bridgehead atoms. The highest BCUT2D eigenvalue weighted by Gasteiger charge is 2.01. The Hall–Kier alpha value is -1.91. The van der Waals surface area contributed by atoms with Gasteiger partial charge in [0.05, 0.1) is 0 Å². The van der Waals surface area contributed by atoms with Gasteiger partial charge in [-0.05, 0) is 41.8 Å². The molecule has 0 spiro atoms. The molecule has 1 amide bonds. The molecule has 22 heavy (non-hydrogen) atoms. The third kappa shape index (κ3) is 6.24. The van der Waals surface area contributed by atoms with Crippen molar-refractivity contribution < 1.29 is 4.79 Å². The zero-order valence-electron chi connectivity index (χ0n) is 12.4. The Kier molecular flexibility index (Phi) is 6.87. The number of amides is 1. The van der Waals surface area contributed by atoms with E-state index in [0.717, 1.165) is 23.6 Å². The average Bonchev–Trinajstić information content (AvgIpc) is 2.54. The van der Waals surface area contributed by atoms with E-state index in [1.165, 1.54) is 5.56 Å². The molecule has 2 aromatic rings. The molecule has 0 atom stereocenters. The number of benzene rings is 1. The van der Waals surface area contributed by atoms with Gasteiger partial charge in [0.2, 0.25) is 5.91 Å². The van der Waals surface area contributed by atoms with E-state index in [2.05, 4.69) is 15.6 Å². The van der Waals surface area contributed by atoms with Gasteiger partial charge in [-0.15, -0.1) is 0 Å². The Morgan fingerprint density at radius 2 is 1.73 bits per heavy atom. The van der Waals surface area contributed by atoms with E-state index < -0.39 is 0 Å². The van der Waals surface area contributed by atoms with Gasteiger partial charge in [-0.3, -0.25) is 9.78 Å². The van der Waals surface area contributed by atoms with E-state index in [0.29, 0.717) is 19.5 Å². The summed E-state index contributed by atoms with van der Waals surface area (Å²) in [5.74, 6) is 0.0659. The Morgan fingerprint density at radius 1 is 1.00 bits per heavy atom. The molecule has 0 unspecified atom stereocenters. The molecule has 1 heterocycles. The summed E-state index contributed by atoms with van der Waals surface area (Å²) in [4.78, 5) is 15.7. The van der Waals surface area contributed by atoms with Gasteiger partial charge in [0, 0.05) is 43.5 Å². The lowest BCUT2D eigenvalue weighted by Crippen LogP contribution is -2.29. The van der Waals surface area contributed by atoms with Gasteiger partial charge in [-0.25, -0.2) is 0 Å². The number of hydrogen-bond donors (Lipinski definition) is 2. The van der Waals surface area contributed by atoms with Gasteiger partial charge in [0.1, 0.15) is 0 Å². The Morgan fingerprint density at radius 3 is 2.45 bits per heavy atom. The molecule has 0 aliphatic carbocycles. The number of rotatable bonds is 8. The van der Waals surface area contributed by atoms with Crippen molar-refractivity contribution in [1.29, 1.82) is 0 Å². The quantitative estimate of drug-likeness (QED) is 0.736. The first-order valence-electron chi connectivity index (χ1n) is 7.35. The van der Waals surface area contributed by atoms with Gasteiger partial charge >= 0.3 is 0 Å². The second-order valence-corrected chi connectivity index (χ2v) is 5.45. The second-order valence-electron chi connectivity index (χ2n) is 5.01. The fourth-order valence-corrected chi connectivity index (χ4v) is 2.15. The first-order chi connectivity index (χ1) is 10.7. The number of hydrogen-bond acceptors (Lipinski definition) is 3. The molecule has 116 valence electrons. The van der Waals surface area contributed by atoms with E-state index in [1.54, 1.807) is 12.4 Å². The first-order valence-corrected chi connectivity index (χ1v) is 7.72. The van der Waals surface area contributed by atoms with Crippen LogP contribution in [0.5, 0.6) is 0 Å².